The van der Waals surface area contributed by atoms with Crippen LogP contribution in [0.2, 0.25) is 0 Å². The van der Waals surface area contributed by atoms with Gasteiger partial charge in [0.15, 0.2) is 10.9 Å². The molecule has 1 aliphatic rings. The largest absolute Gasteiger partial charge is 0.452 e. The van der Waals surface area contributed by atoms with Gasteiger partial charge in [0, 0.05) is 41.2 Å². The van der Waals surface area contributed by atoms with Crippen molar-refractivity contribution in [3.8, 4) is 0 Å². The number of esters is 1. The predicted octanol–water partition coefficient (Wildman–Crippen LogP) is 3.93. The number of benzene rings is 1. The number of carbonyl (C=O) groups is 2. The lowest BCUT2D eigenvalue weighted by Crippen LogP contribution is -2.40. The number of hydrogen-bond donors (Lipinski definition) is 0. The molecule has 0 N–H and O–H groups in total. The van der Waals surface area contributed by atoms with Gasteiger partial charge in [0.1, 0.15) is 0 Å². The average molecular weight is 436 g/mol. The molecule has 8 nitrogen and oxygen atoms in total. The molecular formula is C19H21N3O5S2. The summed E-state index contributed by atoms with van der Waals surface area (Å²) < 4.78 is 5.92. The van der Waals surface area contributed by atoms with Crippen molar-refractivity contribution in [1.82, 2.24) is 9.88 Å². The summed E-state index contributed by atoms with van der Waals surface area (Å²) in [6.45, 7) is 4.93. The minimum Gasteiger partial charge on any atom is -0.452 e. The van der Waals surface area contributed by atoms with Crippen LogP contribution in [0, 0.1) is 23.0 Å². The monoisotopic (exact) mass is 435 g/mol. The molecule has 0 unspecified atom stereocenters. The van der Waals surface area contributed by atoms with Crippen LogP contribution in [0.15, 0.2) is 32.8 Å². The first-order valence-electron chi connectivity index (χ1n) is 9.17. The number of non-ortho nitro benzene ring substituents is 1. The van der Waals surface area contributed by atoms with Crippen LogP contribution < -0.4 is 0 Å². The van der Waals surface area contributed by atoms with Crippen LogP contribution in [0.5, 0.6) is 0 Å². The maximum Gasteiger partial charge on any atom is 0.340 e. The van der Waals surface area contributed by atoms with Gasteiger partial charge >= 0.3 is 5.97 Å². The molecule has 0 atom stereocenters. The summed E-state index contributed by atoms with van der Waals surface area (Å²) in [5.41, 5.74) is 0.690. The molecule has 1 amide bonds. The first-order valence-corrected chi connectivity index (χ1v) is 10.9. The summed E-state index contributed by atoms with van der Waals surface area (Å²) in [7, 11) is 0. The smallest absolute Gasteiger partial charge is 0.340 e. The van der Waals surface area contributed by atoms with Crippen LogP contribution >= 0.6 is 23.1 Å². The number of ether oxygens (including phenoxy) is 1. The lowest BCUT2D eigenvalue weighted by atomic mass is 9.99. The van der Waals surface area contributed by atoms with E-state index in [2.05, 4.69) is 11.9 Å². The van der Waals surface area contributed by atoms with Crippen LogP contribution in [0.25, 0.3) is 0 Å². The molecule has 2 heterocycles. The quantitative estimate of drug-likeness (QED) is 0.385. The molecule has 0 aliphatic carbocycles. The van der Waals surface area contributed by atoms with Crippen molar-refractivity contribution in [2.24, 2.45) is 5.92 Å². The highest BCUT2D eigenvalue weighted by Gasteiger charge is 2.24. The third-order valence-electron chi connectivity index (χ3n) is 4.65. The van der Waals surface area contributed by atoms with Gasteiger partial charge < -0.3 is 9.64 Å². The van der Waals surface area contributed by atoms with E-state index in [0.717, 1.165) is 18.5 Å². The van der Waals surface area contributed by atoms with Gasteiger partial charge in [-0.2, -0.15) is 0 Å². The Labute approximate surface area is 176 Å². The SMILES string of the molecule is Cc1csc(Sc2ccc([N+](=O)[O-])cc2C(=O)OCC(=O)N2CCC(C)CC2)n1. The van der Waals surface area contributed by atoms with Crippen molar-refractivity contribution in [1.29, 1.82) is 0 Å². The molecule has 10 heteroatoms. The molecule has 0 saturated carbocycles. The summed E-state index contributed by atoms with van der Waals surface area (Å²) in [6.07, 6.45) is 1.86. The maximum atomic E-state index is 12.6. The van der Waals surface area contributed by atoms with Crippen molar-refractivity contribution >= 4 is 40.7 Å². The number of amides is 1. The zero-order valence-corrected chi connectivity index (χ0v) is 17.8. The summed E-state index contributed by atoms with van der Waals surface area (Å²) >= 11 is 2.65. The van der Waals surface area contributed by atoms with Crippen molar-refractivity contribution in [3.05, 3.63) is 45.0 Å². The van der Waals surface area contributed by atoms with Gasteiger partial charge in [0.25, 0.3) is 11.6 Å². The molecule has 29 heavy (non-hydrogen) atoms. The number of aryl methyl sites for hydroxylation is 1. The highest BCUT2D eigenvalue weighted by molar-refractivity contribution is 8.01. The van der Waals surface area contributed by atoms with Crippen molar-refractivity contribution in [3.63, 3.8) is 0 Å². The summed E-state index contributed by atoms with van der Waals surface area (Å²) in [5, 5.41) is 13.0. The zero-order chi connectivity index (χ0) is 21.0. The van der Waals surface area contributed by atoms with Crippen molar-refractivity contribution < 1.29 is 19.2 Å². The Bertz CT molecular complexity index is 922. The third-order valence-corrected chi connectivity index (χ3v) is 6.78. The van der Waals surface area contributed by atoms with Gasteiger partial charge in [-0.25, -0.2) is 9.78 Å². The zero-order valence-electron chi connectivity index (χ0n) is 16.1. The Morgan fingerprint density at radius 3 is 2.72 bits per heavy atom. The Kier molecular flexibility index (Phi) is 6.86. The molecule has 1 aromatic carbocycles. The van der Waals surface area contributed by atoms with Crippen molar-refractivity contribution in [2.75, 3.05) is 19.7 Å². The summed E-state index contributed by atoms with van der Waals surface area (Å²) in [5.74, 6) is -0.427. The number of hydrogen-bond acceptors (Lipinski definition) is 8. The lowest BCUT2D eigenvalue weighted by Gasteiger charge is -2.30. The van der Waals surface area contributed by atoms with E-state index < -0.39 is 10.9 Å². The number of rotatable bonds is 6. The summed E-state index contributed by atoms with van der Waals surface area (Å²) in [4.78, 5) is 42.0. The van der Waals surface area contributed by atoms with Gasteiger partial charge in [0.2, 0.25) is 0 Å². The number of nitro benzene ring substituents is 1. The molecule has 0 bridgehead atoms. The minimum absolute atomic E-state index is 0.0529. The van der Waals surface area contributed by atoms with E-state index in [-0.39, 0.29) is 23.8 Å². The number of likely N-dealkylation sites (tertiary alicyclic amines) is 1. The topological polar surface area (TPSA) is 103 Å². The van der Waals surface area contributed by atoms with Gasteiger partial charge in [-0.15, -0.1) is 11.3 Å². The summed E-state index contributed by atoms with van der Waals surface area (Å²) in [6, 6.07) is 4.02. The fourth-order valence-corrected chi connectivity index (χ4v) is 4.80. The van der Waals surface area contributed by atoms with Crippen LogP contribution in [-0.4, -0.2) is 46.4 Å². The van der Waals surface area contributed by atoms with E-state index in [1.165, 1.54) is 41.3 Å². The molecule has 1 aliphatic heterocycles. The molecule has 0 radical (unpaired) electrons. The molecule has 1 fully saturated rings. The predicted molar refractivity (Wildman–Crippen MR) is 109 cm³/mol. The lowest BCUT2D eigenvalue weighted by molar-refractivity contribution is -0.384. The second-order valence-corrected chi connectivity index (χ2v) is 9.08. The maximum absolute atomic E-state index is 12.6. The number of piperidine rings is 1. The third kappa shape index (κ3) is 5.54. The van der Waals surface area contributed by atoms with E-state index in [9.17, 15) is 19.7 Å². The number of thiazole rings is 1. The molecular weight excluding hydrogens is 414 g/mol. The number of nitro groups is 1. The highest BCUT2D eigenvalue weighted by Crippen LogP contribution is 2.34. The molecule has 0 spiro atoms. The second-order valence-electron chi connectivity index (χ2n) is 6.93. The number of carbonyl (C=O) groups excluding carboxylic acids is 2. The molecule has 3 rings (SSSR count). The minimum atomic E-state index is -0.761. The van der Waals surface area contributed by atoms with E-state index >= 15 is 0 Å². The Hall–Kier alpha value is -2.46. The highest BCUT2D eigenvalue weighted by atomic mass is 32.2. The average Bonchev–Trinajstić information content (AvgIpc) is 3.11. The fourth-order valence-electron chi connectivity index (χ4n) is 2.91. The van der Waals surface area contributed by atoms with Crippen LogP contribution in [0.4, 0.5) is 5.69 Å². The Morgan fingerprint density at radius 1 is 1.38 bits per heavy atom. The van der Waals surface area contributed by atoms with Crippen LogP contribution in [0.3, 0.4) is 0 Å². The second kappa shape index (κ2) is 9.36. The van der Waals surface area contributed by atoms with Crippen molar-refractivity contribution in [2.45, 2.75) is 35.9 Å². The van der Waals surface area contributed by atoms with E-state index in [0.29, 0.717) is 28.2 Å². The standard InChI is InChI=1S/C19H21N3O5S2/c1-12-5-7-21(8-6-12)17(23)10-27-18(24)15-9-14(22(25)26)3-4-16(15)29-19-20-13(2)11-28-19/h3-4,9,11-12H,5-8,10H2,1-2H3. The van der Waals surface area contributed by atoms with E-state index in [1.54, 1.807) is 4.90 Å². The number of nitrogens with zero attached hydrogens (tertiary/aromatic N) is 3. The van der Waals surface area contributed by atoms with Crippen LogP contribution in [0.1, 0.15) is 35.8 Å². The van der Waals surface area contributed by atoms with Gasteiger partial charge in [-0.05, 0) is 31.7 Å². The number of aromatic nitrogens is 1. The normalized spacial score (nSPS) is 14.6. The molecule has 154 valence electrons. The Balaban J connectivity index is 1.72. The molecule has 2 aromatic rings. The first kappa shape index (κ1) is 21.3. The van der Waals surface area contributed by atoms with E-state index in [1.807, 2.05) is 12.3 Å². The van der Waals surface area contributed by atoms with Gasteiger partial charge in [-0.1, -0.05) is 18.7 Å². The van der Waals surface area contributed by atoms with E-state index in [4.69, 9.17) is 4.74 Å². The van der Waals surface area contributed by atoms with Crippen LogP contribution in [-0.2, 0) is 9.53 Å². The van der Waals surface area contributed by atoms with Gasteiger partial charge in [0.05, 0.1) is 10.5 Å². The molecule has 1 saturated heterocycles. The fraction of sp³-hybridized carbons (Fsp3) is 0.421. The van der Waals surface area contributed by atoms with Gasteiger partial charge in [-0.3, -0.25) is 14.9 Å². The molecule has 1 aromatic heterocycles. The Morgan fingerprint density at radius 2 is 2.10 bits per heavy atom. The first-order chi connectivity index (χ1) is 13.8.